The number of rotatable bonds is 5. The number of aliphatic carboxylic acids is 1. The number of thioether (sulfide) groups is 1. The largest absolute Gasteiger partial charge is 0.486 e. The normalized spacial score (nSPS) is 20.6. The number of methoxy groups -OCH3 is 1. The van der Waals surface area contributed by atoms with E-state index in [4.69, 9.17) is 26.8 Å². The van der Waals surface area contributed by atoms with Crippen molar-refractivity contribution in [3.05, 3.63) is 52.4 Å². The number of carboxylic acid groups (broad SMARTS) is 1. The number of thiocarbonyl (C=S) groups is 1. The summed E-state index contributed by atoms with van der Waals surface area (Å²) in [7, 11) is 1.32. The topological polar surface area (TPSA) is 93.1 Å². The van der Waals surface area contributed by atoms with Gasteiger partial charge >= 0.3 is 11.9 Å². The van der Waals surface area contributed by atoms with Gasteiger partial charge in [-0.25, -0.2) is 4.79 Å². The van der Waals surface area contributed by atoms with Crippen LogP contribution >= 0.6 is 24.0 Å². The second-order valence-corrected chi connectivity index (χ2v) is 7.39. The van der Waals surface area contributed by atoms with Crippen LogP contribution in [0.15, 0.2) is 41.3 Å². The van der Waals surface area contributed by atoms with Crippen molar-refractivity contribution in [2.24, 2.45) is 0 Å². The first-order valence-electron chi connectivity index (χ1n) is 7.92. The fraction of sp³-hybridized carbons (Fsp3) is 0.222. The van der Waals surface area contributed by atoms with Gasteiger partial charge in [0.1, 0.15) is 22.7 Å². The zero-order valence-corrected chi connectivity index (χ0v) is 15.8. The highest BCUT2D eigenvalue weighted by molar-refractivity contribution is 8.26. The molecule has 1 N–H and O–H groups in total. The second kappa shape index (κ2) is 7.93. The van der Waals surface area contributed by atoms with Crippen LogP contribution in [0.1, 0.15) is 22.3 Å². The molecule has 27 heavy (non-hydrogen) atoms. The lowest BCUT2D eigenvalue weighted by Crippen LogP contribution is -2.33. The Labute approximate surface area is 164 Å². The van der Waals surface area contributed by atoms with Gasteiger partial charge in [0.05, 0.1) is 17.6 Å². The van der Waals surface area contributed by atoms with Gasteiger partial charge in [0.2, 0.25) is 0 Å². The molecular formula is C18H15NO6S2. The van der Waals surface area contributed by atoms with E-state index in [1.807, 2.05) is 12.1 Å². The fourth-order valence-corrected chi connectivity index (χ4v) is 3.92. The van der Waals surface area contributed by atoms with Gasteiger partial charge in [0, 0.05) is 12.0 Å². The summed E-state index contributed by atoms with van der Waals surface area (Å²) in [6.07, 6.45) is 3.69. The highest BCUT2D eigenvalue weighted by Crippen LogP contribution is 2.34. The zero-order valence-electron chi connectivity index (χ0n) is 14.2. The Morgan fingerprint density at radius 3 is 2.96 bits per heavy atom. The fourth-order valence-electron chi connectivity index (χ4n) is 2.64. The number of carbonyl (C=O) groups excluding carboxylic acids is 2. The van der Waals surface area contributed by atoms with Crippen molar-refractivity contribution in [1.82, 2.24) is 4.90 Å². The van der Waals surface area contributed by atoms with Crippen molar-refractivity contribution in [2.45, 2.75) is 12.5 Å². The van der Waals surface area contributed by atoms with Gasteiger partial charge < -0.3 is 14.6 Å². The summed E-state index contributed by atoms with van der Waals surface area (Å²) in [6.45, 7) is -0.461. The third kappa shape index (κ3) is 4.20. The van der Waals surface area contributed by atoms with E-state index in [1.165, 1.54) is 7.11 Å². The lowest BCUT2D eigenvalue weighted by Gasteiger charge is -2.12. The number of carbonyl (C=O) groups is 3. The predicted molar refractivity (Wildman–Crippen MR) is 103 cm³/mol. The summed E-state index contributed by atoms with van der Waals surface area (Å²) in [5.41, 5.74) is 1.14. The molecule has 2 heterocycles. The van der Waals surface area contributed by atoms with E-state index < -0.39 is 24.4 Å². The van der Waals surface area contributed by atoms with Crippen molar-refractivity contribution >= 4 is 51.9 Å². The minimum Gasteiger partial charge on any atom is -0.486 e. The monoisotopic (exact) mass is 405 g/mol. The van der Waals surface area contributed by atoms with Crippen LogP contribution in [0.25, 0.3) is 5.76 Å². The first-order chi connectivity index (χ1) is 12.9. The van der Waals surface area contributed by atoms with Gasteiger partial charge in [0.25, 0.3) is 5.91 Å². The first kappa shape index (κ1) is 19.1. The number of esters is 1. The molecule has 9 heteroatoms. The Kier molecular flexibility index (Phi) is 5.62. The van der Waals surface area contributed by atoms with Gasteiger partial charge in [0.15, 0.2) is 0 Å². The van der Waals surface area contributed by atoms with Crippen molar-refractivity contribution in [2.75, 3.05) is 13.7 Å². The van der Waals surface area contributed by atoms with Gasteiger partial charge in [-0.2, -0.15) is 0 Å². The summed E-state index contributed by atoms with van der Waals surface area (Å²) < 4.78 is 10.8. The maximum Gasteiger partial charge on any atom is 0.337 e. The van der Waals surface area contributed by atoms with Crippen molar-refractivity contribution in [3.8, 4) is 0 Å². The van der Waals surface area contributed by atoms with E-state index in [2.05, 4.69) is 0 Å². The number of amides is 1. The number of ether oxygens (including phenoxy) is 2. The third-order valence-electron chi connectivity index (χ3n) is 3.89. The van der Waals surface area contributed by atoms with Crippen molar-refractivity contribution in [3.63, 3.8) is 0 Å². The lowest BCUT2D eigenvalue weighted by atomic mass is 10.1. The van der Waals surface area contributed by atoms with Crippen LogP contribution in [0.3, 0.4) is 0 Å². The Bertz CT molecular complexity index is 892. The van der Waals surface area contributed by atoms with Crippen LogP contribution in [0.5, 0.6) is 0 Å². The minimum atomic E-state index is -1.13. The quantitative estimate of drug-likeness (QED) is 0.454. The Morgan fingerprint density at radius 2 is 2.26 bits per heavy atom. The molecule has 140 valence electrons. The van der Waals surface area contributed by atoms with E-state index in [-0.39, 0.29) is 10.4 Å². The molecule has 7 nitrogen and oxygen atoms in total. The molecule has 3 rings (SSSR count). The number of hydrogen-bond donors (Lipinski definition) is 1. The molecule has 0 spiro atoms. The number of benzene rings is 1. The summed E-state index contributed by atoms with van der Waals surface area (Å²) in [5, 5.41) is 8.87. The summed E-state index contributed by atoms with van der Waals surface area (Å²) in [5.74, 6) is -1.40. The van der Waals surface area contributed by atoms with Crippen LogP contribution in [0, 0.1) is 0 Å². The number of carboxylic acids is 1. The average Bonchev–Trinajstić information content (AvgIpc) is 3.21. The molecular weight excluding hydrogens is 390 g/mol. The van der Waals surface area contributed by atoms with E-state index in [0.29, 0.717) is 22.6 Å². The molecule has 1 atom stereocenters. The van der Waals surface area contributed by atoms with Gasteiger partial charge in [-0.05, 0) is 24.3 Å². The average molecular weight is 405 g/mol. The van der Waals surface area contributed by atoms with Crippen molar-refractivity contribution in [1.29, 1.82) is 0 Å². The minimum absolute atomic E-state index is 0.214. The van der Waals surface area contributed by atoms with Crippen LogP contribution < -0.4 is 0 Å². The molecule has 1 fully saturated rings. The molecule has 1 saturated heterocycles. The van der Waals surface area contributed by atoms with Crippen LogP contribution in [-0.4, -0.2) is 51.9 Å². The second-order valence-electron chi connectivity index (χ2n) is 5.72. The highest BCUT2D eigenvalue weighted by Gasteiger charge is 2.34. The molecule has 0 aliphatic carbocycles. The molecule has 0 aromatic heterocycles. The number of hydrogen-bond acceptors (Lipinski definition) is 7. The highest BCUT2D eigenvalue weighted by atomic mass is 32.2. The standard InChI is InChI=1S/C18H15NO6S2/c1-24-17(23)11-4-2-3-10(7-11)13-6-5-12(25-13)8-14-16(22)19(9-15(20)21)18(26)27-14/h2-4,6-8,12H,5,9H2,1H3,(H,20,21)/b14-8+. The molecule has 1 unspecified atom stereocenters. The maximum absolute atomic E-state index is 12.3. The summed E-state index contributed by atoms with van der Waals surface area (Å²) in [6, 6.07) is 6.87. The third-order valence-corrected chi connectivity index (χ3v) is 5.28. The number of nitrogens with zero attached hydrogens (tertiary/aromatic N) is 1. The van der Waals surface area contributed by atoms with E-state index in [0.717, 1.165) is 22.2 Å². The van der Waals surface area contributed by atoms with Crippen LogP contribution in [0.4, 0.5) is 0 Å². The molecule has 0 bridgehead atoms. The SMILES string of the molecule is COC(=O)c1cccc(C2=CCC(/C=C3/SC(=S)N(CC(=O)O)C3=O)O2)c1. The molecule has 0 saturated carbocycles. The van der Waals surface area contributed by atoms with Gasteiger partial charge in [-0.15, -0.1) is 0 Å². The molecule has 2 aliphatic rings. The summed E-state index contributed by atoms with van der Waals surface area (Å²) in [4.78, 5) is 36.2. The Morgan fingerprint density at radius 1 is 1.48 bits per heavy atom. The van der Waals surface area contributed by atoms with Gasteiger partial charge in [-0.3, -0.25) is 14.5 Å². The molecule has 1 aromatic carbocycles. The maximum atomic E-state index is 12.3. The van der Waals surface area contributed by atoms with E-state index >= 15 is 0 Å². The molecule has 1 amide bonds. The Hall–Kier alpha value is -2.65. The molecule has 1 aromatic rings. The molecule has 2 aliphatic heterocycles. The van der Waals surface area contributed by atoms with E-state index in [1.54, 1.807) is 24.3 Å². The van der Waals surface area contributed by atoms with E-state index in [9.17, 15) is 14.4 Å². The lowest BCUT2D eigenvalue weighted by molar-refractivity contribution is -0.140. The molecule has 0 radical (unpaired) electrons. The first-order valence-corrected chi connectivity index (χ1v) is 9.14. The van der Waals surface area contributed by atoms with Gasteiger partial charge in [-0.1, -0.05) is 36.1 Å². The van der Waals surface area contributed by atoms with Crippen molar-refractivity contribution < 1.29 is 29.0 Å². The smallest absolute Gasteiger partial charge is 0.337 e. The Balaban J connectivity index is 1.70. The predicted octanol–water partition coefficient (Wildman–Crippen LogP) is 2.43. The summed E-state index contributed by atoms with van der Waals surface area (Å²) >= 11 is 6.13. The van der Waals surface area contributed by atoms with Crippen LogP contribution in [-0.2, 0) is 19.1 Å². The zero-order chi connectivity index (χ0) is 19.6. The van der Waals surface area contributed by atoms with Crippen LogP contribution in [0.2, 0.25) is 0 Å².